The van der Waals surface area contributed by atoms with E-state index in [4.69, 9.17) is 5.41 Å². The van der Waals surface area contributed by atoms with Crippen molar-refractivity contribution < 1.29 is 4.79 Å². The molecule has 116 valence electrons. The second-order valence-corrected chi connectivity index (χ2v) is 6.99. The number of amidine groups is 1. The first kappa shape index (κ1) is 13.4. The minimum Gasteiger partial charge on any atom is -0.369 e. The van der Waals surface area contributed by atoms with Crippen LogP contribution in [0.2, 0.25) is 0 Å². The van der Waals surface area contributed by atoms with Crippen molar-refractivity contribution >= 4 is 11.9 Å². The van der Waals surface area contributed by atoms with Gasteiger partial charge in [0.05, 0.1) is 6.04 Å². The molecule has 4 fully saturated rings. The van der Waals surface area contributed by atoms with Crippen LogP contribution >= 0.6 is 0 Å². The van der Waals surface area contributed by atoms with Gasteiger partial charge in [0, 0.05) is 37.8 Å². The predicted octanol–water partition coefficient (Wildman–Crippen LogP) is 0.736. The van der Waals surface area contributed by atoms with E-state index in [-0.39, 0.29) is 12.1 Å². The summed E-state index contributed by atoms with van der Waals surface area (Å²) >= 11 is 0. The van der Waals surface area contributed by atoms with Gasteiger partial charge in [-0.1, -0.05) is 0 Å². The molecule has 1 saturated carbocycles. The Balaban J connectivity index is 1.30. The molecule has 6 nitrogen and oxygen atoms in total. The van der Waals surface area contributed by atoms with Crippen LogP contribution in [0.3, 0.4) is 0 Å². The van der Waals surface area contributed by atoms with Crippen LogP contribution in [0.15, 0.2) is 0 Å². The predicted molar refractivity (Wildman–Crippen MR) is 80.5 cm³/mol. The summed E-state index contributed by atoms with van der Waals surface area (Å²) in [7, 11) is 0. The molecule has 3 heterocycles. The molecule has 4 aliphatic rings. The molecule has 2 unspecified atom stereocenters. The maximum absolute atomic E-state index is 11.9. The highest BCUT2D eigenvalue weighted by Crippen LogP contribution is 2.29. The Hall–Kier alpha value is -1.30. The summed E-state index contributed by atoms with van der Waals surface area (Å²) in [5, 5.41) is 14.8. The normalized spacial score (nSPS) is 33.9. The van der Waals surface area contributed by atoms with E-state index in [9.17, 15) is 4.79 Å². The van der Waals surface area contributed by atoms with Gasteiger partial charge in [-0.3, -0.25) is 5.41 Å². The summed E-state index contributed by atoms with van der Waals surface area (Å²) in [6.45, 7) is 3.09. The first-order valence-corrected chi connectivity index (χ1v) is 8.37. The summed E-state index contributed by atoms with van der Waals surface area (Å²) in [5.41, 5.74) is 0. The molecule has 4 rings (SSSR count). The highest BCUT2D eigenvalue weighted by atomic mass is 16.2. The molecule has 2 atom stereocenters. The van der Waals surface area contributed by atoms with Gasteiger partial charge in [-0.05, 0) is 38.5 Å². The van der Waals surface area contributed by atoms with Gasteiger partial charge in [0.15, 0.2) is 0 Å². The molecule has 0 aromatic heterocycles. The Kier molecular flexibility index (Phi) is 3.28. The lowest BCUT2D eigenvalue weighted by molar-refractivity contribution is 0.191. The van der Waals surface area contributed by atoms with Crippen LogP contribution in [0.1, 0.15) is 38.5 Å². The summed E-state index contributed by atoms with van der Waals surface area (Å²) in [6, 6.07) is 1.55. The number of hydrogen-bond acceptors (Lipinski definition) is 3. The highest BCUT2D eigenvalue weighted by molar-refractivity contribution is 5.90. The average Bonchev–Trinajstić information content (AvgIpc) is 3.28. The summed E-state index contributed by atoms with van der Waals surface area (Å²) in [4.78, 5) is 16.3. The molecule has 2 amide bonds. The maximum Gasteiger partial charge on any atom is 0.318 e. The maximum atomic E-state index is 11.9. The second-order valence-electron chi connectivity index (χ2n) is 6.99. The fourth-order valence-electron chi connectivity index (χ4n) is 4.04. The first-order chi connectivity index (χ1) is 10.2. The quantitative estimate of drug-likeness (QED) is 0.530. The molecule has 3 N–H and O–H groups in total. The monoisotopic (exact) mass is 291 g/mol. The number of nitrogens with zero attached hydrogens (tertiary/aromatic N) is 2. The highest BCUT2D eigenvalue weighted by Gasteiger charge is 2.41. The van der Waals surface area contributed by atoms with E-state index < -0.39 is 0 Å². The van der Waals surface area contributed by atoms with E-state index in [1.165, 1.54) is 12.8 Å². The van der Waals surface area contributed by atoms with Crippen LogP contribution in [-0.2, 0) is 0 Å². The first-order valence-electron chi connectivity index (χ1n) is 8.37. The number of nitrogens with one attached hydrogen (secondary N) is 3. The van der Waals surface area contributed by atoms with Crippen molar-refractivity contribution in [3.8, 4) is 0 Å². The molecular weight excluding hydrogens is 266 g/mol. The molecule has 0 radical (unpaired) electrons. The number of rotatable bonds is 3. The van der Waals surface area contributed by atoms with Crippen LogP contribution in [0, 0.1) is 5.41 Å². The number of fused-ring (bicyclic) bond motifs is 2. The molecule has 3 saturated heterocycles. The number of carbonyl (C=O) groups is 1. The minimum absolute atomic E-state index is 0.0117. The van der Waals surface area contributed by atoms with Gasteiger partial charge < -0.3 is 20.4 Å². The zero-order chi connectivity index (χ0) is 14.4. The molecule has 21 heavy (non-hydrogen) atoms. The average molecular weight is 291 g/mol. The van der Waals surface area contributed by atoms with Gasteiger partial charge in [0.2, 0.25) is 0 Å². The van der Waals surface area contributed by atoms with Gasteiger partial charge in [-0.25, -0.2) is 4.79 Å². The Morgan fingerprint density at radius 3 is 2.62 bits per heavy atom. The van der Waals surface area contributed by atoms with E-state index in [1.54, 1.807) is 0 Å². The molecule has 0 aromatic rings. The molecule has 3 aliphatic heterocycles. The molecule has 6 heteroatoms. The van der Waals surface area contributed by atoms with E-state index >= 15 is 0 Å². The Morgan fingerprint density at radius 1 is 1.14 bits per heavy atom. The molecule has 2 bridgehead atoms. The van der Waals surface area contributed by atoms with E-state index in [1.807, 2.05) is 4.90 Å². The zero-order valence-corrected chi connectivity index (χ0v) is 12.5. The molecular formula is C15H25N5O. The molecule has 1 aliphatic carbocycles. The minimum atomic E-state index is -0.0368. The summed E-state index contributed by atoms with van der Waals surface area (Å²) in [6.07, 6.45) is 6.91. The number of likely N-dealkylation sites (tertiary alicyclic amines) is 1. The number of urea groups is 1. The van der Waals surface area contributed by atoms with Crippen LogP contribution in [0.4, 0.5) is 4.79 Å². The molecule has 0 spiro atoms. The van der Waals surface area contributed by atoms with Gasteiger partial charge in [0.1, 0.15) is 5.84 Å². The van der Waals surface area contributed by atoms with Gasteiger partial charge in [0.25, 0.3) is 0 Å². The summed E-state index contributed by atoms with van der Waals surface area (Å²) in [5.74, 6) is 0.551. The third-order valence-electron chi connectivity index (χ3n) is 5.46. The standard InChI is InChI=1S/C15H25N5O/c16-14(13-4-1-11-9-20(13)15(21)18-11)17-10-5-7-19(8-6-10)12-2-3-12/h10-13H,1-9H2,(H2,16,17)(H,18,21). The topological polar surface area (TPSA) is 71.5 Å². The SMILES string of the molecule is N=C(NC1CCN(C2CC2)CC1)C1CCC2CN1C(=O)N2. The number of amides is 2. The Labute approximate surface area is 125 Å². The van der Waals surface area contributed by atoms with Crippen molar-refractivity contribution in [3.05, 3.63) is 0 Å². The van der Waals surface area contributed by atoms with Crippen molar-refractivity contribution in [1.82, 2.24) is 20.4 Å². The van der Waals surface area contributed by atoms with Crippen molar-refractivity contribution in [2.75, 3.05) is 19.6 Å². The Bertz CT molecular complexity index is 441. The van der Waals surface area contributed by atoms with E-state index in [0.717, 1.165) is 51.4 Å². The lowest BCUT2D eigenvalue weighted by Crippen LogP contribution is -2.53. The Morgan fingerprint density at radius 2 is 1.90 bits per heavy atom. The number of hydrogen-bond donors (Lipinski definition) is 3. The van der Waals surface area contributed by atoms with Crippen LogP contribution in [-0.4, -0.2) is 65.5 Å². The van der Waals surface area contributed by atoms with Gasteiger partial charge in [-0.2, -0.15) is 0 Å². The van der Waals surface area contributed by atoms with Crippen LogP contribution in [0.25, 0.3) is 0 Å². The fraction of sp³-hybridized carbons (Fsp3) is 0.867. The van der Waals surface area contributed by atoms with Gasteiger partial charge >= 0.3 is 6.03 Å². The van der Waals surface area contributed by atoms with Crippen molar-refractivity contribution in [2.24, 2.45) is 0 Å². The van der Waals surface area contributed by atoms with Crippen molar-refractivity contribution in [2.45, 2.75) is 62.7 Å². The smallest absolute Gasteiger partial charge is 0.318 e. The van der Waals surface area contributed by atoms with E-state index in [0.29, 0.717) is 17.9 Å². The second kappa shape index (κ2) is 5.16. The van der Waals surface area contributed by atoms with Gasteiger partial charge in [-0.15, -0.1) is 0 Å². The van der Waals surface area contributed by atoms with E-state index in [2.05, 4.69) is 15.5 Å². The zero-order valence-electron chi connectivity index (χ0n) is 12.5. The molecule has 0 aromatic carbocycles. The summed E-state index contributed by atoms with van der Waals surface area (Å²) < 4.78 is 0. The third kappa shape index (κ3) is 2.61. The number of piperidine rings is 2. The van der Waals surface area contributed by atoms with Crippen molar-refractivity contribution in [3.63, 3.8) is 0 Å². The lowest BCUT2D eigenvalue weighted by atomic mass is 9.98. The van der Waals surface area contributed by atoms with Crippen molar-refractivity contribution in [1.29, 1.82) is 5.41 Å². The van der Waals surface area contributed by atoms with Crippen LogP contribution in [0.5, 0.6) is 0 Å². The van der Waals surface area contributed by atoms with Crippen LogP contribution < -0.4 is 10.6 Å². The lowest BCUT2D eigenvalue weighted by Gasteiger charge is -2.36. The third-order valence-corrected chi connectivity index (χ3v) is 5.46. The number of carbonyl (C=O) groups excluding carboxylic acids is 1. The fourth-order valence-corrected chi connectivity index (χ4v) is 4.04. The largest absolute Gasteiger partial charge is 0.369 e.